The largest absolute Gasteiger partial charge is 0.363 e. The van der Waals surface area contributed by atoms with Crippen molar-refractivity contribution in [1.82, 2.24) is 15.3 Å². The number of hydrogen-bond acceptors (Lipinski definition) is 5. The van der Waals surface area contributed by atoms with Crippen molar-refractivity contribution >= 4 is 32.7 Å². The van der Waals surface area contributed by atoms with E-state index in [0.29, 0.717) is 16.6 Å². The van der Waals surface area contributed by atoms with Crippen molar-refractivity contribution in [3.63, 3.8) is 0 Å². The van der Waals surface area contributed by atoms with Gasteiger partial charge in [-0.25, -0.2) is 13.4 Å². The van der Waals surface area contributed by atoms with Crippen molar-refractivity contribution in [2.24, 2.45) is 5.73 Å². The van der Waals surface area contributed by atoms with Gasteiger partial charge in [-0.15, -0.1) is 0 Å². The molecule has 1 heterocycles. The van der Waals surface area contributed by atoms with Crippen molar-refractivity contribution in [3.8, 4) is 0 Å². The van der Waals surface area contributed by atoms with E-state index >= 15 is 0 Å². The topological polar surface area (TPSA) is 135 Å². The molecule has 4 N–H and O–H groups in total. The number of amides is 2. The third kappa shape index (κ3) is 3.57. The van der Waals surface area contributed by atoms with Crippen molar-refractivity contribution in [1.29, 1.82) is 0 Å². The third-order valence-corrected chi connectivity index (χ3v) is 4.92. The maximum absolute atomic E-state index is 12.5. The summed E-state index contributed by atoms with van der Waals surface area (Å²) in [5.74, 6) is -1.10. The molecule has 0 saturated heterocycles. The summed E-state index contributed by atoms with van der Waals surface area (Å²) in [7, 11) is -3.26. The minimum atomic E-state index is -3.26. The first-order valence-corrected chi connectivity index (χ1v) is 9.50. The Kier molecular flexibility index (Phi) is 4.47. The van der Waals surface area contributed by atoms with Crippen molar-refractivity contribution < 1.29 is 18.0 Å². The smallest absolute Gasteiger partial charge is 0.284 e. The van der Waals surface area contributed by atoms with Gasteiger partial charge in [0.25, 0.3) is 11.8 Å². The molecule has 0 spiro atoms. The molecule has 3 rings (SSSR count). The highest BCUT2D eigenvalue weighted by Gasteiger charge is 2.15. The highest BCUT2D eigenvalue weighted by molar-refractivity contribution is 7.90. The van der Waals surface area contributed by atoms with Crippen LogP contribution in [0.15, 0.2) is 47.4 Å². The maximum atomic E-state index is 12.5. The predicted molar refractivity (Wildman–Crippen MR) is 95.3 cm³/mol. The average molecular weight is 372 g/mol. The van der Waals surface area contributed by atoms with Crippen molar-refractivity contribution in [2.45, 2.75) is 11.4 Å². The molecule has 134 valence electrons. The van der Waals surface area contributed by atoms with Crippen molar-refractivity contribution in [3.05, 3.63) is 59.4 Å². The van der Waals surface area contributed by atoms with Gasteiger partial charge in [0.1, 0.15) is 5.52 Å². The Labute approximate surface area is 149 Å². The number of aromatic nitrogens is 2. The number of H-pyrrole nitrogens is 1. The summed E-state index contributed by atoms with van der Waals surface area (Å²) in [6.07, 6.45) is 1.13. The van der Waals surface area contributed by atoms with Gasteiger partial charge < -0.3 is 16.0 Å². The fraction of sp³-hybridized carbons (Fsp3) is 0.118. The van der Waals surface area contributed by atoms with Crippen LogP contribution in [-0.4, -0.2) is 36.5 Å². The number of primary amides is 1. The van der Waals surface area contributed by atoms with E-state index in [1.54, 1.807) is 30.3 Å². The first kappa shape index (κ1) is 17.6. The predicted octanol–water partition coefficient (Wildman–Crippen LogP) is 0.995. The molecule has 3 aromatic rings. The summed E-state index contributed by atoms with van der Waals surface area (Å²) in [5.41, 5.74) is 7.14. The number of nitrogens with zero attached hydrogens (tertiary/aromatic N) is 1. The van der Waals surface area contributed by atoms with Crippen LogP contribution >= 0.6 is 0 Å². The van der Waals surface area contributed by atoms with E-state index in [2.05, 4.69) is 15.3 Å². The number of imidazole rings is 1. The van der Waals surface area contributed by atoms with Gasteiger partial charge in [0.15, 0.2) is 15.7 Å². The number of hydrogen-bond donors (Lipinski definition) is 3. The standard InChI is InChI=1S/C17H16N4O4S/c1-26(24,25)11-7-5-10(6-8-11)9-19-17(23)12-3-2-4-13-14(12)21-16(20-13)15(18)22/h2-8H,9H2,1H3,(H2,18,22)(H,19,23)(H,20,21). The second kappa shape index (κ2) is 6.60. The highest BCUT2D eigenvalue weighted by Crippen LogP contribution is 2.17. The molecule has 0 aliphatic rings. The minimum absolute atomic E-state index is 0.0170. The summed E-state index contributed by atoms with van der Waals surface area (Å²) in [4.78, 5) is 30.8. The van der Waals surface area contributed by atoms with Gasteiger partial charge in [-0.3, -0.25) is 9.59 Å². The van der Waals surface area contributed by atoms with Crippen LogP contribution in [-0.2, 0) is 16.4 Å². The summed E-state index contributed by atoms with van der Waals surface area (Å²) >= 11 is 0. The zero-order valence-corrected chi connectivity index (χ0v) is 14.6. The molecule has 0 aliphatic heterocycles. The van der Waals surface area contributed by atoms with E-state index in [-0.39, 0.29) is 23.2 Å². The Morgan fingerprint density at radius 1 is 1.15 bits per heavy atom. The first-order valence-electron chi connectivity index (χ1n) is 7.61. The van der Waals surface area contributed by atoms with Crippen LogP contribution in [0.25, 0.3) is 11.0 Å². The van der Waals surface area contributed by atoms with E-state index < -0.39 is 15.7 Å². The lowest BCUT2D eigenvalue weighted by Gasteiger charge is -2.07. The summed E-state index contributed by atoms with van der Waals surface area (Å²) in [6, 6.07) is 11.2. The second-order valence-electron chi connectivity index (χ2n) is 5.75. The van der Waals surface area contributed by atoms with Crippen LogP contribution in [0.5, 0.6) is 0 Å². The molecule has 1 aromatic heterocycles. The Morgan fingerprint density at radius 3 is 2.46 bits per heavy atom. The summed E-state index contributed by atoms with van der Waals surface area (Å²) in [6.45, 7) is 0.215. The lowest BCUT2D eigenvalue weighted by Crippen LogP contribution is -2.23. The summed E-state index contributed by atoms with van der Waals surface area (Å²) < 4.78 is 22.9. The molecule has 0 aliphatic carbocycles. The third-order valence-electron chi connectivity index (χ3n) is 3.80. The SMILES string of the molecule is CS(=O)(=O)c1ccc(CNC(=O)c2cccc3[nH]c(C(N)=O)nc23)cc1. The number of carbonyl (C=O) groups is 2. The molecule has 2 amide bonds. The Hall–Kier alpha value is -3.20. The minimum Gasteiger partial charge on any atom is -0.363 e. The molecule has 0 atom stereocenters. The van der Waals surface area contributed by atoms with Crippen LogP contribution in [0.4, 0.5) is 0 Å². The van der Waals surface area contributed by atoms with E-state index in [9.17, 15) is 18.0 Å². The van der Waals surface area contributed by atoms with Gasteiger partial charge in [0.05, 0.1) is 16.0 Å². The fourth-order valence-corrected chi connectivity index (χ4v) is 3.09. The molecular weight excluding hydrogens is 356 g/mol. The Bertz CT molecular complexity index is 1100. The number of nitrogens with one attached hydrogen (secondary N) is 2. The number of aromatic amines is 1. The molecular formula is C17H16N4O4S. The van der Waals surface area contributed by atoms with Gasteiger partial charge in [0, 0.05) is 12.8 Å². The quantitative estimate of drug-likeness (QED) is 0.614. The number of sulfone groups is 1. The molecule has 0 saturated carbocycles. The van der Waals surface area contributed by atoms with Gasteiger partial charge in [0.2, 0.25) is 0 Å². The van der Waals surface area contributed by atoms with E-state index in [1.165, 1.54) is 12.1 Å². The lowest BCUT2D eigenvalue weighted by atomic mass is 10.1. The summed E-state index contributed by atoms with van der Waals surface area (Å²) in [5, 5.41) is 2.75. The monoisotopic (exact) mass is 372 g/mol. The van der Waals surface area contributed by atoms with E-state index in [4.69, 9.17) is 5.73 Å². The maximum Gasteiger partial charge on any atom is 0.284 e. The lowest BCUT2D eigenvalue weighted by molar-refractivity contribution is 0.0950. The molecule has 8 nitrogen and oxygen atoms in total. The molecule has 0 bridgehead atoms. The second-order valence-corrected chi connectivity index (χ2v) is 7.77. The van der Waals surface area contributed by atoms with Crippen LogP contribution in [0.2, 0.25) is 0 Å². The zero-order valence-electron chi connectivity index (χ0n) is 13.8. The molecule has 0 fully saturated rings. The number of nitrogens with two attached hydrogens (primary N) is 1. The molecule has 0 unspecified atom stereocenters. The van der Waals surface area contributed by atoms with Crippen LogP contribution in [0.1, 0.15) is 26.5 Å². The molecule has 9 heteroatoms. The van der Waals surface area contributed by atoms with E-state index in [1.807, 2.05) is 0 Å². The van der Waals surface area contributed by atoms with Crippen LogP contribution in [0, 0.1) is 0 Å². The fourth-order valence-electron chi connectivity index (χ4n) is 2.46. The number of fused-ring (bicyclic) bond motifs is 1. The van der Waals surface area contributed by atoms with Crippen LogP contribution < -0.4 is 11.1 Å². The molecule has 26 heavy (non-hydrogen) atoms. The Balaban J connectivity index is 1.78. The van der Waals surface area contributed by atoms with Gasteiger partial charge in [-0.2, -0.15) is 0 Å². The number of benzene rings is 2. The number of carbonyl (C=O) groups excluding carboxylic acids is 2. The first-order chi connectivity index (χ1) is 12.3. The van der Waals surface area contributed by atoms with Crippen LogP contribution in [0.3, 0.4) is 0 Å². The average Bonchev–Trinajstić information content (AvgIpc) is 3.03. The number of para-hydroxylation sites is 1. The van der Waals surface area contributed by atoms with Crippen molar-refractivity contribution in [2.75, 3.05) is 6.26 Å². The van der Waals surface area contributed by atoms with Gasteiger partial charge in [-0.1, -0.05) is 18.2 Å². The normalized spacial score (nSPS) is 11.4. The zero-order chi connectivity index (χ0) is 18.9. The van der Waals surface area contributed by atoms with Gasteiger partial charge >= 0.3 is 0 Å². The molecule has 0 radical (unpaired) electrons. The highest BCUT2D eigenvalue weighted by atomic mass is 32.2. The number of rotatable bonds is 5. The Morgan fingerprint density at radius 2 is 1.85 bits per heavy atom. The van der Waals surface area contributed by atoms with E-state index in [0.717, 1.165) is 11.8 Å². The molecule has 2 aromatic carbocycles. The van der Waals surface area contributed by atoms with Gasteiger partial charge in [-0.05, 0) is 29.8 Å².